The average molecular weight is 480 g/mol. The van der Waals surface area contributed by atoms with Crippen molar-refractivity contribution in [3.63, 3.8) is 0 Å². The summed E-state index contributed by atoms with van der Waals surface area (Å²) in [5.41, 5.74) is 3.57. The van der Waals surface area contributed by atoms with Crippen LogP contribution >= 0.6 is 11.8 Å². The van der Waals surface area contributed by atoms with Crippen molar-refractivity contribution in [1.82, 2.24) is 19.2 Å². The number of thioether (sulfide) groups is 1. The van der Waals surface area contributed by atoms with Crippen LogP contribution in [0, 0.1) is 13.8 Å². The van der Waals surface area contributed by atoms with Gasteiger partial charge >= 0.3 is 0 Å². The van der Waals surface area contributed by atoms with Gasteiger partial charge in [-0.15, -0.1) is 10.2 Å². The van der Waals surface area contributed by atoms with Crippen molar-refractivity contribution >= 4 is 40.0 Å². The number of hydrogen-bond donors (Lipinski definition) is 1. The van der Waals surface area contributed by atoms with Crippen molar-refractivity contribution in [3.8, 4) is 0 Å². The summed E-state index contributed by atoms with van der Waals surface area (Å²) in [6.45, 7) is 8.99. The van der Waals surface area contributed by atoms with Crippen LogP contribution in [-0.2, 0) is 16.1 Å². The lowest BCUT2D eigenvalue weighted by Gasteiger charge is -2.12. The zero-order valence-corrected chi connectivity index (χ0v) is 20.7. The molecule has 0 radical (unpaired) electrons. The lowest BCUT2D eigenvalue weighted by molar-refractivity contribution is -0.113. The highest BCUT2D eigenvalue weighted by atomic mass is 32.2. The van der Waals surface area contributed by atoms with E-state index in [-0.39, 0.29) is 23.3 Å². The molecular weight excluding hydrogens is 450 g/mol. The minimum absolute atomic E-state index is 0.107. The van der Waals surface area contributed by atoms with E-state index in [4.69, 9.17) is 4.74 Å². The van der Waals surface area contributed by atoms with E-state index < -0.39 is 0 Å². The number of carbonyl (C=O) groups is 1. The number of nitrogens with zero attached hydrogens (tertiary/aromatic N) is 4. The first-order chi connectivity index (χ1) is 16.3. The van der Waals surface area contributed by atoms with E-state index in [9.17, 15) is 9.59 Å². The molecule has 178 valence electrons. The summed E-state index contributed by atoms with van der Waals surface area (Å²) >= 11 is 1.29. The second-order valence-electron chi connectivity index (χ2n) is 8.58. The minimum atomic E-state index is -0.129. The number of rotatable bonds is 9. The Morgan fingerprint density at radius 3 is 2.59 bits per heavy atom. The molecule has 0 spiro atoms. The normalized spacial score (nSPS) is 11.6. The molecule has 0 atom stereocenters. The van der Waals surface area contributed by atoms with Gasteiger partial charge in [-0.3, -0.25) is 18.6 Å². The summed E-state index contributed by atoms with van der Waals surface area (Å²) in [7, 11) is 0. The quantitative estimate of drug-likeness (QED) is 0.286. The van der Waals surface area contributed by atoms with Gasteiger partial charge in [-0.2, -0.15) is 0 Å². The summed E-state index contributed by atoms with van der Waals surface area (Å²) in [6.07, 6.45) is 0.819. The van der Waals surface area contributed by atoms with E-state index in [1.54, 1.807) is 10.6 Å². The number of amides is 1. The van der Waals surface area contributed by atoms with Crippen molar-refractivity contribution in [3.05, 3.63) is 63.9 Å². The van der Waals surface area contributed by atoms with E-state index in [0.717, 1.165) is 22.3 Å². The molecule has 0 unspecified atom stereocenters. The molecule has 2 aromatic heterocycles. The van der Waals surface area contributed by atoms with Crippen LogP contribution < -0.4 is 10.9 Å². The highest BCUT2D eigenvalue weighted by molar-refractivity contribution is 7.99. The second-order valence-corrected chi connectivity index (χ2v) is 9.52. The van der Waals surface area contributed by atoms with Crippen molar-refractivity contribution < 1.29 is 9.53 Å². The maximum Gasteiger partial charge on any atom is 0.262 e. The number of fused-ring (bicyclic) bond motifs is 3. The van der Waals surface area contributed by atoms with Gasteiger partial charge in [0, 0.05) is 18.8 Å². The molecule has 0 saturated heterocycles. The third-order valence-electron chi connectivity index (χ3n) is 5.29. The van der Waals surface area contributed by atoms with Gasteiger partial charge in [0.2, 0.25) is 11.7 Å². The van der Waals surface area contributed by atoms with E-state index in [1.165, 1.54) is 11.8 Å². The number of carbonyl (C=O) groups excluding carboxylic acids is 1. The Morgan fingerprint density at radius 2 is 1.85 bits per heavy atom. The topological polar surface area (TPSA) is 90.5 Å². The van der Waals surface area contributed by atoms with Crippen LogP contribution in [0.5, 0.6) is 0 Å². The number of hydrogen-bond acceptors (Lipinski definition) is 6. The predicted octanol–water partition coefficient (Wildman–Crippen LogP) is 4.21. The number of benzene rings is 2. The van der Waals surface area contributed by atoms with E-state index in [2.05, 4.69) is 21.6 Å². The molecule has 1 N–H and O–H groups in total. The SMILES string of the molecule is Cc1cc(C)cc(NC(=O)CSc2nnc3n(CCCOC(C)C)c(=O)c4ccccc4n23)c1. The summed E-state index contributed by atoms with van der Waals surface area (Å²) < 4.78 is 9.12. The Morgan fingerprint density at radius 1 is 1.12 bits per heavy atom. The van der Waals surface area contributed by atoms with E-state index in [0.29, 0.717) is 35.9 Å². The van der Waals surface area contributed by atoms with Crippen molar-refractivity contribution in [1.29, 1.82) is 0 Å². The molecule has 2 heterocycles. The molecule has 4 aromatic rings. The smallest absolute Gasteiger partial charge is 0.262 e. The molecule has 0 aliphatic rings. The first-order valence-electron chi connectivity index (χ1n) is 11.3. The van der Waals surface area contributed by atoms with E-state index in [1.807, 2.05) is 62.4 Å². The maximum atomic E-state index is 13.2. The fourth-order valence-electron chi connectivity index (χ4n) is 3.94. The van der Waals surface area contributed by atoms with Crippen molar-refractivity contribution in [2.24, 2.45) is 0 Å². The third kappa shape index (κ3) is 5.31. The van der Waals surface area contributed by atoms with Crippen LogP contribution in [0.15, 0.2) is 52.4 Å². The van der Waals surface area contributed by atoms with Crippen LogP contribution in [0.25, 0.3) is 16.7 Å². The van der Waals surface area contributed by atoms with Crippen LogP contribution in [0.2, 0.25) is 0 Å². The molecule has 0 aliphatic carbocycles. The van der Waals surface area contributed by atoms with Gasteiger partial charge in [-0.05, 0) is 69.5 Å². The number of nitrogens with one attached hydrogen (secondary N) is 1. The monoisotopic (exact) mass is 479 g/mol. The van der Waals surface area contributed by atoms with Gasteiger partial charge in [0.1, 0.15) is 0 Å². The largest absolute Gasteiger partial charge is 0.379 e. The Labute approximate surface area is 202 Å². The number of anilines is 1. The molecule has 1 amide bonds. The average Bonchev–Trinajstić information content (AvgIpc) is 3.20. The fourth-order valence-corrected chi connectivity index (χ4v) is 4.68. The molecule has 2 aromatic carbocycles. The van der Waals surface area contributed by atoms with Gasteiger partial charge in [0.15, 0.2) is 5.16 Å². The first kappa shape index (κ1) is 24.0. The summed E-state index contributed by atoms with van der Waals surface area (Å²) in [6, 6.07) is 13.3. The lowest BCUT2D eigenvalue weighted by Crippen LogP contribution is -2.24. The Balaban J connectivity index is 1.59. The number of aromatic nitrogens is 4. The van der Waals surface area contributed by atoms with Gasteiger partial charge in [0.05, 0.1) is 22.8 Å². The molecule has 0 bridgehead atoms. The van der Waals surface area contributed by atoms with Gasteiger partial charge in [0.25, 0.3) is 5.56 Å². The second kappa shape index (κ2) is 10.4. The summed E-state index contributed by atoms with van der Waals surface area (Å²) in [4.78, 5) is 25.8. The van der Waals surface area contributed by atoms with Crippen LogP contribution in [0.1, 0.15) is 31.4 Å². The molecular formula is C25H29N5O3S. The molecule has 34 heavy (non-hydrogen) atoms. The molecule has 4 rings (SSSR count). The molecule has 9 heteroatoms. The van der Waals surface area contributed by atoms with Gasteiger partial charge < -0.3 is 10.1 Å². The van der Waals surface area contributed by atoms with Gasteiger partial charge in [-0.25, -0.2) is 0 Å². The van der Waals surface area contributed by atoms with Crippen LogP contribution in [0.4, 0.5) is 5.69 Å². The zero-order valence-electron chi connectivity index (χ0n) is 19.9. The summed E-state index contributed by atoms with van der Waals surface area (Å²) in [5, 5.41) is 12.7. The molecule has 0 fully saturated rings. The number of ether oxygens (including phenoxy) is 1. The zero-order chi connectivity index (χ0) is 24.2. The van der Waals surface area contributed by atoms with Crippen molar-refractivity contribution in [2.75, 3.05) is 17.7 Å². The number of para-hydroxylation sites is 1. The van der Waals surface area contributed by atoms with E-state index >= 15 is 0 Å². The Hall–Kier alpha value is -3.17. The lowest BCUT2D eigenvalue weighted by atomic mass is 10.1. The maximum absolute atomic E-state index is 13.2. The van der Waals surface area contributed by atoms with Crippen LogP contribution in [-0.4, -0.2) is 43.5 Å². The van der Waals surface area contributed by atoms with Crippen molar-refractivity contribution in [2.45, 2.75) is 51.9 Å². The Kier molecular flexibility index (Phi) is 7.33. The fraction of sp³-hybridized carbons (Fsp3) is 0.360. The third-order valence-corrected chi connectivity index (χ3v) is 6.22. The highest BCUT2D eigenvalue weighted by Gasteiger charge is 2.17. The molecule has 0 saturated carbocycles. The standard InChI is InChI=1S/C25H29N5O3S/c1-16(2)33-11-7-10-29-23(32)20-8-5-6-9-21(20)30-24(29)27-28-25(30)34-15-22(31)26-19-13-17(3)12-18(4)14-19/h5-6,8-9,12-14,16H,7,10-11,15H2,1-4H3,(H,26,31). The van der Waals surface area contributed by atoms with Crippen LogP contribution in [0.3, 0.4) is 0 Å². The summed E-state index contributed by atoms with van der Waals surface area (Å²) in [5.74, 6) is 0.504. The number of aryl methyl sites for hydroxylation is 3. The van der Waals surface area contributed by atoms with Gasteiger partial charge in [-0.1, -0.05) is 30.0 Å². The minimum Gasteiger partial charge on any atom is -0.379 e. The first-order valence-corrected chi connectivity index (χ1v) is 12.3. The predicted molar refractivity (Wildman–Crippen MR) is 136 cm³/mol. The highest BCUT2D eigenvalue weighted by Crippen LogP contribution is 2.22. The molecule has 0 aliphatic heterocycles. The Bertz CT molecular complexity index is 1370. The molecule has 8 nitrogen and oxygen atoms in total.